The van der Waals surface area contributed by atoms with Crippen molar-refractivity contribution in [2.75, 3.05) is 6.61 Å². The second kappa shape index (κ2) is 18.6. The van der Waals surface area contributed by atoms with Gasteiger partial charge in [-0.2, -0.15) is 16.8 Å². The first-order chi connectivity index (χ1) is 15.6. The summed E-state index contributed by atoms with van der Waals surface area (Å²) < 4.78 is 67.6. The van der Waals surface area contributed by atoms with Crippen LogP contribution < -0.4 is 0 Å². The molecule has 0 unspecified atom stereocenters. The highest BCUT2D eigenvalue weighted by atomic mass is 32.3. The maximum Gasteiger partial charge on any atom is 0.398 e. The van der Waals surface area contributed by atoms with E-state index in [0.717, 1.165) is 25.7 Å². The summed E-state index contributed by atoms with van der Waals surface area (Å²) in [6.45, 7) is -0.954. The Labute approximate surface area is 196 Å². The van der Waals surface area contributed by atoms with E-state index in [1.807, 2.05) is 12.2 Å². The van der Waals surface area contributed by atoms with Gasteiger partial charge in [0.1, 0.15) is 6.61 Å². The Hall–Kier alpha value is -2.98. The summed E-state index contributed by atoms with van der Waals surface area (Å²) in [6.07, 6.45) is 16.6. The lowest BCUT2D eigenvalue weighted by Crippen LogP contribution is -2.23. The smallest absolute Gasteiger partial charge is 0.264 e. The van der Waals surface area contributed by atoms with Gasteiger partial charge in [-0.25, -0.2) is 8.37 Å². The second-order valence-electron chi connectivity index (χ2n) is 5.98. The lowest BCUT2D eigenvalue weighted by atomic mass is 10.2. The molecular formula is C23H24O8S2. The molecule has 1 atom stereocenters. The van der Waals surface area contributed by atoms with Crippen LogP contribution in [0.4, 0.5) is 0 Å². The van der Waals surface area contributed by atoms with Crippen LogP contribution in [0, 0.1) is 59.7 Å². The minimum atomic E-state index is -4.91. The van der Waals surface area contributed by atoms with Crippen molar-refractivity contribution in [2.24, 2.45) is 0 Å². The molecule has 0 rings (SSSR count). The molecule has 0 spiro atoms. The standard InChI is InChI=1S/C23H24O8S2/c1-2-3-4-5-6-7-8-9-10-11-12-13-14-15-16-17-18-19-20-21-23(31-33(27,28)29)22-30-32(24,25)26/h1,3-4,9-10,23H,5-8,15-17,22H2,(H,24,25,26)(H,27,28,29)/b4-3-,10-9-/t23-/m1/s1. The molecule has 176 valence electrons. The van der Waals surface area contributed by atoms with E-state index in [1.165, 1.54) is 0 Å². The summed E-state index contributed by atoms with van der Waals surface area (Å²) in [5, 5.41) is 0. The summed E-state index contributed by atoms with van der Waals surface area (Å²) in [5.41, 5.74) is 0. The van der Waals surface area contributed by atoms with Crippen molar-refractivity contribution >= 4 is 20.8 Å². The fraction of sp³-hybridized carbons (Fsp3) is 0.391. The van der Waals surface area contributed by atoms with Gasteiger partial charge in [-0.1, -0.05) is 41.8 Å². The van der Waals surface area contributed by atoms with Gasteiger partial charge in [0.25, 0.3) is 0 Å². The molecule has 2 N–H and O–H groups in total. The molecule has 0 aromatic rings. The van der Waals surface area contributed by atoms with Crippen molar-refractivity contribution in [3.05, 3.63) is 24.3 Å². The molecule has 33 heavy (non-hydrogen) atoms. The van der Waals surface area contributed by atoms with Crippen LogP contribution in [-0.2, 0) is 29.2 Å². The van der Waals surface area contributed by atoms with Crippen molar-refractivity contribution in [3.8, 4) is 59.7 Å². The van der Waals surface area contributed by atoms with Gasteiger partial charge in [0.2, 0.25) is 0 Å². The molecule has 0 saturated carbocycles. The lowest BCUT2D eigenvalue weighted by Gasteiger charge is -2.07. The zero-order chi connectivity index (χ0) is 24.8. The zero-order valence-corrected chi connectivity index (χ0v) is 19.4. The van der Waals surface area contributed by atoms with Gasteiger partial charge in [0, 0.05) is 12.8 Å². The fourth-order valence-corrected chi connectivity index (χ4v) is 2.57. The van der Waals surface area contributed by atoms with Crippen LogP contribution in [0.25, 0.3) is 0 Å². The third-order valence-electron chi connectivity index (χ3n) is 3.22. The number of unbranched alkanes of at least 4 members (excludes halogenated alkanes) is 5. The van der Waals surface area contributed by atoms with Crippen molar-refractivity contribution in [2.45, 2.75) is 51.0 Å². The van der Waals surface area contributed by atoms with Crippen molar-refractivity contribution in [3.63, 3.8) is 0 Å². The van der Waals surface area contributed by atoms with Crippen LogP contribution in [0.2, 0.25) is 0 Å². The van der Waals surface area contributed by atoms with Gasteiger partial charge in [0.05, 0.1) is 0 Å². The molecule has 0 fully saturated rings. The Bertz CT molecular complexity index is 1160. The first-order valence-corrected chi connectivity index (χ1v) is 12.4. The van der Waals surface area contributed by atoms with Gasteiger partial charge >= 0.3 is 20.8 Å². The quantitative estimate of drug-likeness (QED) is 0.242. The number of rotatable bonds is 12. The molecule has 8 nitrogen and oxygen atoms in total. The van der Waals surface area contributed by atoms with E-state index in [1.54, 1.807) is 12.2 Å². The maximum absolute atomic E-state index is 10.7. The summed E-state index contributed by atoms with van der Waals surface area (Å²) in [7, 11) is -9.74. The summed E-state index contributed by atoms with van der Waals surface area (Å²) in [5.74, 6) is 23.1. The van der Waals surface area contributed by atoms with Crippen molar-refractivity contribution in [1.29, 1.82) is 0 Å². The Kier molecular flexibility index (Phi) is 16.9. The number of allylic oxidation sites excluding steroid dienone is 4. The average molecular weight is 493 g/mol. The third kappa shape index (κ3) is 25.2. The maximum atomic E-state index is 10.7. The summed E-state index contributed by atoms with van der Waals surface area (Å²) in [4.78, 5) is 0. The minimum Gasteiger partial charge on any atom is -0.264 e. The predicted molar refractivity (Wildman–Crippen MR) is 124 cm³/mol. The van der Waals surface area contributed by atoms with Gasteiger partial charge in [-0.3, -0.25) is 9.11 Å². The molecule has 0 saturated heterocycles. The molecule has 0 aliphatic heterocycles. The van der Waals surface area contributed by atoms with Crippen LogP contribution in [0.15, 0.2) is 24.3 Å². The van der Waals surface area contributed by atoms with Crippen LogP contribution in [0.1, 0.15) is 44.9 Å². The highest BCUT2D eigenvalue weighted by Gasteiger charge is 2.18. The first kappa shape index (κ1) is 30.0. The molecule has 0 heterocycles. The molecule has 10 heteroatoms. The Balaban J connectivity index is 4.22. The Morgan fingerprint density at radius 3 is 2.00 bits per heavy atom. The Morgan fingerprint density at radius 2 is 1.42 bits per heavy atom. The molecule has 0 aromatic carbocycles. The van der Waals surface area contributed by atoms with Crippen molar-refractivity contribution in [1.82, 2.24) is 0 Å². The highest BCUT2D eigenvalue weighted by molar-refractivity contribution is 7.81. The second-order valence-corrected chi connectivity index (χ2v) is 8.12. The number of terminal acetylenes is 1. The SMILES string of the molecule is C#C/C=C\CCCC/C=C\C#CC#CCCCC#CC#C[C@H](COS(=O)(=O)O)OS(=O)(=O)O. The van der Waals surface area contributed by atoms with E-state index in [0.29, 0.717) is 19.3 Å². The van der Waals surface area contributed by atoms with Gasteiger partial charge in [0.15, 0.2) is 6.10 Å². The highest BCUT2D eigenvalue weighted by Crippen LogP contribution is 2.01. The molecule has 0 radical (unpaired) electrons. The number of hydrogen-bond donors (Lipinski definition) is 2. The van der Waals surface area contributed by atoms with Gasteiger partial charge in [-0.15, -0.1) is 6.42 Å². The summed E-state index contributed by atoms with van der Waals surface area (Å²) >= 11 is 0. The number of hydrogen-bond acceptors (Lipinski definition) is 6. The lowest BCUT2D eigenvalue weighted by molar-refractivity contribution is 0.151. The van der Waals surface area contributed by atoms with E-state index in [9.17, 15) is 16.8 Å². The van der Waals surface area contributed by atoms with E-state index < -0.39 is 33.5 Å². The monoisotopic (exact) mass is 492 g/mol. The Morgan fingerprint density at radius 1 is 0.818 bits per heavy atom. The molecule has 0 aromatic heterocycles. The van der Waals surface area contributed by atoms with E-state index in [4.69, 9.17) is 15.5 Å². The molecule has 0 bridgehead atoms. The normalized spacial score (nSPS) is 11.7. The predicted octanol–water partition coefficient (Wildman–Crippen LogP) is 2.48. The van der Waals surface area contributed by atoms with Crippen LogP contribution in [0.3, 0.4) is 0 Å². The molecule has 0 amide bonds. The van der Waals surface area contributed by atoms with E-state index in [-0.39, 0.29) is 0 Å². The summed E-state index contributed by atoms with van der Waals surface area (Å²) in [6, 6.07) is 0. The first-order valence-electron chi connectivity index (χ1n) is 9.64. The molecule has 0 aliphatic rings. The van der Waals surface area contributed by atoms with Gasteiger partial charge < -0.3 is 0 Å². The fourth-order valence-electron chi connectivity index (χ4n) is 1.88. The molecular weight excluding hydrogens is 468 g/mol. The van der Waals surface area contributed by atoms with Crippen LogP contribution >= 0.6 is 0 Å². The van der Waals surface area contributed by atoms with Crippen LogP contribution in [-0.4, -0.2) is 38.7 Å². The molecule has 0 aliphatic carbocycles. The zero-order valence-electron chi connectivity index (χ0n) is 17.8. The van der Waals surface area contributed by atoms with E-state index in [2.05, 4.69) is 61.7 Å². The van der Waals surface area contributed by atoms with Crippen molar-refractivity contribution < 1.29 is 34.3 Å². The van der Waals surface area contributed by atoms with E-state index >= 15 is 0 Å². The van der Waals surface area contributed by atoms with Crippen LogP contribution in [0.5, 0.6) is 0 Å². The average Bonchev–Trinajstić information content (AvgIpc) is 2.72. The minimum absolute atomic E-state index is 0.457. The largest absolute Gasteiger partial charge is 0.398 e. The van der Waals surface area contributed by atoms with Gasteiger partial charge in [-0.05, 0) is 67.9 Å². The third-order valence-corrected chi connectivity index (χ3v) is 4.13. The topological polar surface area (TPSA) is 127 Å².